The molecular weight excluding hydrogens is 485 g/mol. The Labute approximate surface area is 217 Å². The number of rotatable bonds is 7. The van der Waals surface area contributed by atoms with Gasteiger partial charge in [-0.25, -0.2) is 0 Å². The van der Waals surface area contributed by atoms with Crippen molar-refractivity contribution in [3.05, 3.63) is 69.7 Å². The fourth-order valence-corrected chi connectivity index (χ4v) is 5.98. The van der Waals surface area contributed by atoms with Crippen LogP contribution in [-0.4, -0.2) is 41.6 Å². The summed E-state index contributed by atoms with van der Waals surface area (Å²) in [6.07, 6.45) is 2.30. The number of carbonyl (C=O) groups is 2. The molecule has 2 aliphatic rings. The Bertz CT molecular complexity index is 1070. The Kier molecular flexibility index (Phi) is 7.63. The molecule has 1 amide bonds. The molecule has 0 N–H and O–H groups in total. The Balaban J connectivity index is 1.83. The molecule has 0 saturated carbocycles. The van der Waals surface area contributed by atoms with E-state index in [0.717, 1.165) is 17.4 Å². The summed E-state index contributed by atoms with van der Waals surface area (Å²) < 4.78 is 11.9. The molecule has 2 aromatic rings. The predicted octanol–water partition coefficient (Wildman–Crippen LogP) is 6.58. The van der Waals surface area contributed by atoms with Crippen LogP contribution in [-0.2, 0) is 19.1 Å². The summed E-state index contributed by atoms with van der Waals surface area (Å²) in [7, 11) is 0. The van der Waals surface area contributed by atoms with Gasteiger partial charge >= 0.3 is 0 Å². The fourth-order valence-electron chi connectivity index (χ4n) is 5.66. The molecular formula is C28H33Cl2NO4. The van der Waals surface area contributed by atoms with Gasteiger partial charge in [0.15, 0.2) is 5.79 Å². The molecule has 0 bridgehead atoms. The number of amides is 1. The first-order valence-electron chi connectivity index (χ1n) is 12.2. The van der Waals surface area contributed by atoms with Gasteiger partial charge in [-0.15, -0.1) is 0 Å². The summed E-state index contributed by atoms with van der Waals surface area (Å²) in [5.41, 5.74) is 1.23. The highest BCUT2D eigenvalue weighted by Gasteiger charge is 2.53. The number of ether oxygens (including phenoxy) is 2. The summed E-state index contributed by atoms with van der Waals surface area (Å²) in [5, 5.41) is 1.26. The summed E-state index contributed by atoms with van der Waals surface area (Å²) in [5.74, 6) is -0.796. The van der Waals surface area contributed by atoms with Crippen LogP contribution in [0.3, 0.4) is 0 Å². The number of likely N-dealkylation sites (tertiary alicyclic amines) is 1. The Hall–Kier alpha value is -1.92. The van der Waals surface area contributed by atoms with E-state index in [1.54, 1.807) is 4.90 Å². The number of benzene rings is 2. The highest BCUT2D eigenvalue weighted by Crippen LogP contribution is 2.53. The third-order valence-corrected chi connectivity index (χ3v) is 7.76. The maximum Gasteiger partial charge on any atom is 0.229 e. The van der Waals surface area contributed by atoms with Crippen LogP contribution < -0.4 is 0 Å². The third kappa shape index (κ3) is 5.43. The molecule has 2 unspecified atom stereocenters. The monoisotopic (exact) mass is 517 g/mol. The smallest absolute Gasteiger partial charge is 0.229 e. The van der Waals surface area contributed by atoms with Crippen molar-refractivity contribution in [2.75, 3.05) is 6.61 Å². The van der Waals surface area contributed by atoms with E-state index < -0.39 is 17.2 Å². The van der Waals surface area contributed by atoms with E-state index in [4.69, 9.17) is 32.7 Å². The van der Waals surface area contributed by atoms with Gasteiger partial charge < -0.3 is 19.2 Å². The molecule has 0 radical (unpaired) electrons. The molecule has 5 atom stereocenters. The molecule has 7 heteroatoms. The van der Waals surface area contributed by atoms with Crippen LogP contribution >= 0.6 is 23.2 Å². The van der Waals surface area contributed by atoms with Crippen LogP contribution in [0.2, 0.25) is 10.0 Å². The van der Waals surface area contributed by atoms with Gasteiger partial charge in [-0.2, -0.15) is 0 Å². The van der Waals surface area contributed by atoms with Gasteiger partial charge in [0.2, 0.25) is 5.91 Å². The standard InChI is InChI=1S/C28H33Cl2NO4/c1-5-22(16-32)31-25(18-9-11-20(29)12-10-18)24(19-7-6-8-21(30)13-19)15-28(4,26(31)33)14-23-17-34-27(2,3)35-23/h6-13,16,22-25H,5,14-15,17H2,1-4H3/t22-,23?,24+,25?,28-/m0/s1. The third-order valence-electron chi connectivity index (χ3n) is 7.27. The normalized spacial score (nSPS) is 29.3. The average Bonchev–Trinajstić information content (AvgIpc) is 3.15. The molecule has 2 heterocycles. The first-order valence-corrected chi connectivity index (χ1v) is 12.9. The van der Waals surface area contributed by atoms with Gasteiger partial charge in [0, 0.05) is 21.4 Å². The number of hydrogen-bond donors (Lipinski definition) is 0. The SMILES string of the molecule is CC[C@@H](C=O)N1C(=O)[C@@](C)(CC2COC(C)(C)O2)C[C@H](c2cccc(Cl)c2)C1c1ccc(Cl)cc1. The van der Waals surface area contributed by atoms with Gasteiger partial charge in [-0.3, -0.25) is 4.79 Å². The maximum absolute atomic E-state index is 14.3. The van der Waals surface area contributed by atoms with Gasteiger partial charge in [0.1, 0.15) is 6.29 Å². The van der Waals surface area contributed by atoms with Gasteiger partial charge in [-0.05, 0) is 68.5 Å². The van der Waals surface area contributed by atoms with E-state index >= 15 is 0 Å². The Morgan fingerprint density at radius 1 is 1.09 bits per heavy atom. The Morgan fingerprint density at radius 3 is 2.37 bits per heavy atom. The summed E-state index contributed by atoms with van der Waals surface area (Å²) in [6.45, 7) is 8.12. The summed E-state index contributed by atoms with van der Waals surface area (Å²) in [4.78, 5) is 28.3. The topological polar surface area (TPSA) is 55.8 Å². The highest BCUT2D eigenvalue weighted by molar-refractivity contribution is 6.30. The molecule has 0 aliphatic carbocycles. The lowest BCUT2D eigenvalue weighted by Crippen LogP contribution is -2.56. The van der Waals surface area contributed by atoms with E-state index in [1.165, 1.54) is 0 Å². The van der Waals surface area contributed by atoms with Crippen molar-refractivity contribution in [1.82, 2.24) is 4.90 Å². The number of halogens is 2. The number of carbonyl (C=O) groups excluding carboxylic acids is 2. The lowest BCUT2D eigenvalue weighted by molar-refractivity contribution is -0.163. The average molecular weight is 518 g/mol. The predicted molar refractivity (Wildman–Crippen MR) is 138 cm³/mol. The molecule has 0 spiro atoms. The van der Waals surface area contributed by atoms with E-state index in [9.17, 15) is 9.59 Å². The molecule has 0 aromatic heterocycles. The van der Waals surface area contributed by atoms with Crippen molar-refractivity contribution >= 4 is 35.4 Å². The number of aldehydes is 1. The molecule has 35 heavy (non-hydrogen) atoms. The second kappa shape index (κ2) is 10.2. The molecule has 2 aliphatic heterocycles. The van der Waals surface area contributed by atoms with Crippen LogP contribution in [0.15, 0.2) is 48.5 Å². The highest BCUT2D eigenvalue weighted by atomic mass is 35.5. The first kappa shape index (κ1) is 26.2. The molecule has 4 rings (SSSR count). The van der Waals surface area contributed by atoms with Crippen LogP contribution in [0.1, 0.15) is 70.0 Å². The zero-order valence-corrected chi connectivity index (χ0v) is 22.2. The molecule has 188 valence electrons. The first-order chi connectivity index (χ1) is 16.6. The minimum atomic E-state index is -0.749. The maximum atomic E-state index is 14.3. The van der Waals surface area contributed by atoms with E-state index in [2.05, 4.69) is 0 Å². The van der Waals surface area contributed by atoms with E-state index in [1.807, 2.05) is 76.2 Å². The molecule has 2 aromatic carbocycles. The summed E-state index contributed by atoms with van der Waals surface area (Å²) >= 11 is 12.6. The second-order valence-corrected chi connectivity index (χ2v) is 11.3. The van der Waals surface area contributed by atoms with Crippen molar-refractivity contribution in [3.63, 3.8) is 0 Å². The van der Waals surface area contributed by atoms with Gasteiger partial charge in [0.25, 0.3) is 0 Å². The molecule has 5 nitrogen and oxygen atoms in total. The van der Waals surface area contributed by atoms with Crippen molar-refractivity contribution < 1.29 is 19.1 Å². The van der Waals surface area contributed by atoms with Crippen LogP contribution in [0.4, 0.5) is 0 Å². The lowest BCUT2D eigenvalue weighted by atomic mass is 9.66. The van der Waals surface area contributed by atoms with E-state index in [-0.39, 0.29) is 24.0 Å². The summed E-state index contributed by atoms with van der Waals surface area (Å²) in [6, 6.07) is 14.5. The Morgan fingerprint density at radius 2 is 1.80 bits per heavy atom. The van der Waals surface area contributed by atoms with Crippen molar-refractivity contribution in [2.24, 2.45) is 5.41 Å². The fraction of sp³-hybridized carbons (Fsp3) is 0.500. The van der Waals surface area contributed by atoms with Gasteiger partial charge in [0.05, 0.1) is 24.8 Å². The van der Waals surface area contributed by atoms with Crippen molar-refractivity contribution in [3.8, 4) is 0 Å². The number of piperidine rings is 1. The molecule has 2 fully saturated rings. The zero-order valence-electron chi connectivity index (χ0n) is 20.7. The minimum absolute atomic E-state index is 0.0389. The second-order valence-electron chi connectivity index (χ2n) is 10.4. The number of hydrogen-bond acceptors (Lipinski definition) is 4. The molecule has 2 saturated heterocycles. The van der Waals surface area contributed by atoms with Crippen LogP contribution in [0, 0.1) is 5.41 Å². The lowest BCUT2D eigenvalue weighted by Gasteiger charge is -2.51. The quantitative estimate of drug-likeness (QED) is 0.389. The minimum Gasteiger partial charge on any atom is -0.348 e. The van der Waals surface area contributed by atoms with E-state index in [0.29, 0.717) is 35.9 Å². The van der Waals surface area contributed by atoms with Crippen LogP contribution in [0.25, 0.3) is 0 Å². The zero-order chi connectivity index (χ0) is 25.4. The van der Waals surface area contributed by atoms with Crippen molar-refractivity contribution in [1.29, 1.82) is 0 Å². The van der Waals surface area contributed by atoms with Gasteiger partial charge in [-0.1, -0.05) is 61.3 Å². The van der Waals surface area contributed by atoms with Crippen LogP contribution in [0.5, 0.6) is 0 Å². The van der Waals surface area contributed by atoms with Crippen molar-refractivity contribution in [2.45, 2.75) is 76.9 Å². The number of nitrogens with zero attached hydrogens (tertiary/aromatic N) is 1. The largest absolute Gasteiger partial charge is 0.348 e.